The molecule has 212 valence electrons. The molecule has 0 saturated heterocycles. The molecule has 0 fully saturated rings. The Bertz CT molecular complexity index is 1480. The molecule has 4 amide bonds. The van der Waals surface area contributed by atoms with Crippen molar-refractivity contribution in [2.45, 2.75) is 37.8 Å². The van der Waals surface area contributed by atoms with E-state index in [0.717, 1.165) is 29.5 Å². The number of nitrogens with zero attached hydrogens (tertiary/aromatic N) is 1. The lowest BCUT2D eigenvalue weighted by atomic mass is 10.1. The van der Waals surface area contributed by atoms with Crippen molar-refractivity contribution in [2.24, 2.45) is 0 Å². The topological polar surface area (TPSA) is 164 Å². The lowest BCUT2D eigenvalue weighted by molar-refractivity contribution is -0.0637. The van der Waals surface area contributed by atoms with Gasteiger partial charge in [-0.15, -0.1) is 0 Å². The molecule has 3 aromatic carbocycles. The first-order valence-corrected chi connectivity index (χ1v) is 13.5. The molecule has 1 aliphatic carbocycles. The van der Waals surface area contributed by atoms with E-state index in [2.05, 4.69) is 21.3 Å². The predicted molar refractivity (Wildman–Crippen MR) is 152 cm³/mol. The molecular formula is C29H27Cl2N5O5. The van der Waals surface area contributed by atoms with Crippen LogP contribution in [0.5, 0.6) is 0 Å². The van der Waals surface area contributed by atoms with Crippen molar-refractivity contribution >= 4 is 41.0 Å². The maximum atomic E-state index is 13.0. The van der Waals surface area contributed by atoms with Crippen molar-refractivity contribution in [3.63, 3.8) is 0 Å². The number of aliphatic hydroxyl groups is 2. The first-order chi connectivity index (χ1) is 19.7. The van der Waals surface area contributed by atoms with E-state index in [1.807, 2.05) is 30.3 Å². The molecule has 2 unspecified atom stereocenters. The van der Waals surface area contributed by atoms with Crippen molar-refractivity contribution in [3.05, 3.63) is 104 Å². The summed E-state index contributed by atoms with van der Waals surface area (Å²) < 4.78 is 0. The van der Waals surface area contributed by atoms with Gasteiger partial charge in [-0.25, -0.2) is 4.79 Å². The number of carbonyl (C=O) groups excluding carboxylic acids is 3. The highest BCUT2D eigenvalue weighted by Gasteiger charge is 2.27. The van der Waals surface area contributed by atoms with E-state index in [1.165, 1.54) is 12.1 Å². The molecule has 3 aromatic rings. The third kappa shape index (κ3) is 7.54. The monoisotopic (exact) mass is 595 g/mol. The van der Waals surface area contributed by atoms with E-state index in [1.54, 1.807) is 24.3 Å². The number of amides is 4. The zero-order chi connectivity index (χ0) is 29.5. The number of nitrogens with one attached hydrogen (secondary N) is 4. The average Bonchev–Trinajstić information content (AvgIpc) is 3.36. The van der Waals surface area contributed by atoms with Crippen LogP contribution in [0.2, 0.25) is 10.0 Å². The summed E-state index contributed by atoms with van der Waals surface area (Å²) in [5.41, 5.74) is 3.29. The van der Waals surface area contributed by atoms with E-state index >= 15 is 0 Å². The van der Waals surface area contributed by atoms with Gasteiger partial charge in [-0.1, -0.05) is 59.6 Å². The van der Waals surface area contributed by atoms with E-state index in [4.69, 9.17) is 28.5 Å². The summed E-state index contributed by atoms with van der Waals surface area (Å²) in [5, 5.41) is 38.9. The Balaban J connectivity index is 1.35. The van der Waals surface area contributed by atoms with Gasteiger partial charge in [0.2, 0.25) is 0 Å². The molecule has 0 heterocycles. The molecule has 0 spiro atoms. The van der Waals surface area contributed by atoms with E-state index < -0.39 is 30.2 Å². The molecule has 2 atom stereocenters. The number of aryl methyl sites for hydroxylation is 1. The first kappa shape index (κ1) is 29.8. The van der Waals surface area contributed by atoms with Crippen LogP contribution in [0.25, 0.3) is 0 Å². The molecule has 0 bridgehead atoms. The van der Waals surface area contributed by atoms with Crippen LogP contribution < -0.4 is 21.3 Å². The van der Waals surface area contributed by atoms with Crippen LogP contribution in [0.1, 0.15) is 55.4 Å². The van der Waals surface area contributed by atoms with Gasteiger partial charge in [0.15, 0.2) is 6.29 Å². The normalized spacial score (nSPS) is 14.5. The molecule has 0 saturated carbocycles. The van der Waals surface area contributed by atoms with Gasteiger partial charge in [-0.3, -0.25) is 9.59 Å². The molecule has 6 N–H and O–H groups in total. The Morgan fingerprint density at radius 1 is 0.976 bits per heavy atom. The van der Waals surface area contributed by atoms with E-state index in [-0.39, 0.29) is 40.3 Å². The van der Waals surface area contributed by atoms with Gasteiger partial charge in [0.1, 0.15) is 0 Å². The fraction of sp³-hybridized carbons (Fsp3) is 0.241. The summed E-state index contributed by atoms with van der Waals surface area (Å²) in [4.78, 5) is 38.1. The Hall–Kier alpha value is -4.14. The zero-order valence-electron chi connectivity index (χ0n) is 21.7. The Morgan fingerprint density at radius 3 is 2.41 bits per heavy atom. The van der Waals surface area contributed by atoms with Gasteiger partial charge in [0.05, 0.1) is 39.3 Å². The van der Waals surface area contributed by atoms with E-state index in [9.17, 15) is 24.6 Å². The Kier molecular flexibility index (Phi) is 9.81. The van der Waals surface area contributed by atoms with Gasteiger partial charge in [-0.05, 0) is 53.8 Å². The number of urea groups is 1. The molecular weight excluding hydrogens is 569 g/mol. The van der Waals surface area contributed by atoms with Crippen molar-refractivity contribution in [1.29, 1.82) is 5.26 Å². The second-order valence-electron chi connectivity index (χ2n) is 9.45. The summed E-state index contributed by atoms with van der Waals surface area (Å²) in [7, 11) is 0. The van der Waals surface area contributed by atoms with Crippen molar-refractivity contribution in [1.82, 2.24) is 21.3 Å². The minimum Gasteiger partial charge on any atom is -0.366 e. The van der Waals surface area contributed by atoms with Gasteiger partial charge in [0.25, 0.3) is 11.8 Å². The van der Waals surface area contributed by atoms with Crippen LogP contribution in [0.3, 0.4) is 0 Å². The zero-order valence-corrected chi connectivity index (χ0v) is 23.2. The highest BCUT2D eigenvalue weighted by Crippen LogP contribution is 2.30. The smallest absolute Gasteiger partial charge is 0.315 e. The van der Waals surface area contributed by atoms with E-state index in [0.29, 0.717) is 5.56 Å². The van der Waals surface area contributed by atoms with Crippen LogP contribution in [0.15, 0.2) is 60.7 Å². The third-order valence-electron chi connectivity index (χ3n) is 6.64. The summed E-state index contributed by atoms with van der Waals surface area (Å²) in [6, 6.07) is 17.1. The predicted octanol–water partition coefficient (Wildman–Crippen LogP) is 3.19. The maximum absolute atomic E-state index is 13.0. The molecule has 10 nitrogen and oxygen atoms in total. The van der Waals surface area contributed by atoms with Gasteiger partial charge < -0.3 is 31.5 Å². The molecule has 0 aliphatic heterocycles. The number of hydrogen-bond acceptors (Lipinski definition) is 6. The fourth-order valence-electron chi connectivity index (χ4n) is 4.55. The quantitative estimate of drug-likeness (QED) is 0.208. The number of hydrogen-bond donors (Lipinski definition) is 6. The number of nitriles is 1. The highest BCUT2D eigenvalue weighted by atomic mass is 35.5. The first-order valence-electron chi connectivity index (χ1n) is 12.7. The maximum Gasteiger partial charge on any atom is 0.315 e. The lowest BCUT2D eigenvalue weighted by Crippen LogP contribution is -2.52. The molecule has 12 heteroatoms. The Labute approximate surface area is 246 Å². The largest absolute Gasteiger partial charge is 0.366 e. The van der Waals surface area contributed by atoms with Crippen molar-refractivity contribution < 1.29 is 24.6 Å². The highest BCUT2D eigenvalue weighted by molar-refractivity contribution is 6.40. The van der Waals surface area contributed by atoms with Crippen LogP contribution in [0, 0.1) is 11.3 Å². The third-order valence-corrected chi connectivity index (χ3v) is 7.23. The van der Waals surface area contributed by atoms with Crippen LogP contribution in [0.4, 0.5) is 4.79 Å². The van der Waals surface area contributed by atoms with Crippen LogP contribution in [-0.2, 0) is 13.0 Å². The summed E-state index contributed by atoms with van der Waals surface area (Å²) >= 11 is 12.6. The number of carbonyl (C=O) groups is 3. The molecule has 41 heavy (non-hydrogen) atoms. The van der Waals surface area contributed by atoms with Crippen LogP contribution >= 0.6 is 23.2 Å². The summed E-state index contributed by atoms with van der Waals surface area (Å²) in [5.74, 6) is -1.34. The van der Waals surface area contributed by atoms with Gasteiger partial charge in [0, 0.05) is 18.7 Å². The lowest BCUT2D eigenvalue weighted by Gasteiger charge is -2.22. The van der Waals surface area contributed by atoms with Gasteiger partial charge in [-0.2, -0.15) is 5.26 Å². The number of rotatable bonds is 9. The minimum atomic E-state index is -2.01. The summed E-state index contributed by atoms with van der Waals surface area (Å²) in [6.07, 6.45) is -0.420. The standard InChI is InChI=1S/C29H27Cl2N5O5/c30-21-11-19(26(37)33-14-17-5-3-4-16(10-17)13-32)12-22(31)25(21)27(38)35-24(28(39)40)15-34-29(41)36-23-9-8-18-6-1-2-7-20(18)23/h1-7,10-12,23-24,28,39-40H,8-9,14-15H2,(H,33,37)(H,35,38)(H2,34,36,41). The molecule has 4 rings (SSSR count). The second kappa shape index (κ2) is 13.5. The molecule has 1 aliphatic rings. The van der Waals surface area contributed by atoms with Gasteiger partial charge >= 0.3 is 6.03 Å². The Morgan fingerprint density at radius 2 is 1.71 bits per heavy atom. The second-order valence-corrected chi connectivity index (χ2v) is 10.3. The van der Waals surface area contributed by atoms with Crippen molar-refractivity contribution in [2.75, 3.05) is 6.54 Å². The summed E-state index contributed by atoms with van der Waals surface area (Å²) in [6.45, 7) is -0.151. The number of halogens is 2. The SMILES string of the molecule is N#Cc1cccc(CNC(=O)c2cc(Cl)c(C(=O)NC(CNC(=O)NC3CCc4ccccc43)C(O)O)c(Cl)c2)c1. The molecule has 0 aromatic heterocycles. The number of benzene rings is 3. The van der Waals surface area contributed by atoms with Crippen LogP contribution in [-0.4, -0.2) is 46.9 Å². The number of fused-ring (bicyclic) bond motifs is 1. The number of aliphatic hydroxyl groups excluding tert-OH is 1. The average molecular weight is 596 g/mol. The van der Waals surface area contributed by atoms with Crippen molar-refractivity contribution in [3.8, 4) is 6.07 Å². The fourth-order valence-corrected chi connectivity index (χ4v) is 5.21. The molecule has 0 radical (unpaired) electrons. The minimum absolute atomic E-state index is 0.0959.